The van der Waals surface area contributed by atoms with E-state index >= 15 is 0 Å². The van der Waals surface area contributed by atoms with Crippen molar-refractivity contribution >= 4 is 5.91 Å². The number of amides is 1. The van der Waals surface area contributed by atoms with Gasteiger partial charge in [0.2, 0.25) is 5.89 Å². The zero-order valence-corrected chi connectivity index (χ0v) is 10.7. The van der Waals surface area contributed by atoms with Crippen molar-refractivity contribution in [1.29, 1.82) is 0 Å². The standard InChI is InChI=1S/C11H15N5O3/c1-7(14-10(17)8-5-12-6-13-8)11-15-9(16-19-11)3-4-18-2/h5-7H,3-4H2,1-2H3,(H,12,13)(H,14,17)/t7-/m1/s1. The first-order chi connectivity index (χ1) is 9.20. The number of methoxy groups -OCH3 is 1. The second kappa shape index (κ2) is 6.10. The summed E-state index contributed by atoms with van der Waals surface area (Å²) in [4.78, 5) is 22.5. The van der Waals surface area contributed by atoms with Gasteiger partial charge in [0.15, 0.2) is 5.82 Å². The fraction of sp³-hybridized carbons (Fsp3) is 0.455. The van der Waals surface area contributed by atoms with Gasteiger partial charge in [-0.1, -0.05) is 5.16 Å². The van der Waals surface area contributed by atoms with Crippen molar-refractivity contribution in [3.63, 3.8) is 0 Å². The molecule has 19 heavy (non-hydrogen) atoms. The molecular formula is C11H15N5O3. The van der Waals surface area contributed by atoms with E-state index < -0.39 is 0 Å². The van der Waals surface area contributed by atoms with E-state index in [-0.39, 0.29) is 11.9 Å². The first-order valence-electron chi connectivity index (χ1n) is 5.81. The van der Waals surface area contributed by atoms with Crippen LogP contribution in [0, 0.1) is 0 Å². The minimum Gasteiger partial charge on any atom is -0.384 e. The summed E-state index contributed by atoms with van der Waals surface area (Å²) < 4.78 is 10.0. The zero-order chi connectivity index (χ0) is 13.7. The summed E-state index contributed by atoms with van der Waals surface area (Å²) in [5, 5.41) is 6.54. The van der Waals surface area contributed by atoms with Crippen LogP contribution in [0.1, 0.15) is 35.2 Å². The highest BCUT2D eigenvalue weighted by atomic mass is 16.5. The normalized spacial score (nSPS) is 12.3. The largest absolute Gasteiger partial charge is 0.384 e. The van der Waals surface area contributed by atoms with Gasteiger partial charge in [0.25, 0.3) is 5.91 Å². The number of imidazole rings is 1. The Kier molecular flexibility index (Phi) is 4.24. The molecule has 0 unspecified atom stereocenters. The van der Waals surface area contributed by atoms with Crippen molar-refractivity contribution in [3.05, 3.63) is 29.9 Å². The van der Waals surface area contributed by atoms with Crippen LogP contribution in [0.2, 0.25) is 0 Å². The van der Waals surface area contributed by atoms with Crippen molar-refractivity contribution in [2.24, 2.45) is 0 Å². The second-order valence-corrected chi connectivity index (χ2v) is 3.95. The molecule has 0 fully saturated rings. The summed E-state index contributed by atoms with van der Waals surface area (Å²) in [6.07, 6.45) is 3.45. The third-order valence-electron chi connectivity index (χ3n) is 2.47. The molecule has 2 aromatic heterocycles. The summed E-state index contributed by atoms with van der Waals surface area (Å²) in [5.41, 5.74) is 0.381. The molecule has 8 nitrogen and oxygen atoms in total. The van der Waals surface area contributed by atoms with Gasteiger partial charge in [-0.3, -0.25) is 4.79 Å². The van der Waals surface area contributed by atoms with Gasteiger partial charge >= 0.3 is 0 Å². The van der Waals surface area contributed by atoms with Crippen molar-refractivity contribution in [1.82, 2.24) is 25.4 Å². The number of hydrogen-bond donors (Lipinski definition) is 2. The van der Waals surface area contributed by atoms with Crippen molar-refractivity contribution < 1.29 is 14.1 Å². The molecular weight excluding hydrogens is 250 g/mol. The first-order valence-corrected chi connectivity index (χ1v) is 5.81. The topological polar surface area (TPSA) is 106 Å². The smallest absolute Gasteiger partial charge is 0.269 e. The number of nitrogens with zero attached hydrogens (tertiary/aromatic N) is 3. The lowest BCUT2D eigenvalue weighted by Gasteiger charge is -2.07. The highest BCUT2D eigenvalue weighted by Crippen LogP contribution is 2.10. The average Bonchev–Trinajstić information content (AvgIpc) is 3.07. The molecule has 1 amide bonds. The fourth-order valence-electron chi connectivity index (χ4n) is 1.45. The van der Waals surface area contributed by atoms with Gasteiger partial charge in [0, 0.05) is 13.5 Å². The average molecular weight is 265 g/mol. The molecule has 2 aromatic rings. The molecule has 0 aliphatic rings. The third-order valence-corrected chi connectivity index (χ3v) is 2.47. The van der Waals surface area contributed by atoms with Crippen molar-refractivity contribution in [2.75, 3.05) is 13.7 Å². The molecule has 1 atom stereocenters. The van der Waals surface area contributed by atoms with Crippen LogP contribution in [0.3, 0.4) is 0 Å². The maximum Gasteiger partial charge on any atom is 0.269 e. The van der Waals surface area contributed by atoms with Gasteiger partial charge < -0.3 is 19.6 Å². The number of H-pyrrole nitrogens is 1. The molecule has 0 aliphatic heterocycles. The molecule has 0 saturated heterocycles. The number of rotatable bonds is 6. The summed E-state index contributed by atoms with van der Waals surface area (Å²) in [5.74, 6) is 0.639. The summed E-state index contributed by atoms with van der Waals surface area (Å²) in [6, 6.07) is -0.375. The van der Waals surface area contributed by atoms with Gasteiger partial charge in [-0.15, -0.1) is 0 Å². The van der Waals surface area contributed by atoms with E-state index in [0.717, 1.165) is 0 Å². The number of aromatic nitrogens is 4. The number of hydrogen-bond acceptors (Lipinski definition) is 6. The Morgan fingerprint density at radius 3 is 3.16 bits per heavy atom. The summed E-state index contributed by atoms with van der Waals surface area (Å²) in [7, 11) is 1.61. The van der Waals surface area contributed by atoms with Crippen molar-refractivity contribution in [3.8, 4) is 0 Å². The number of nitrogens with one attached hydrogen (secondary N) is 2. The molecule has 102 valence electrons. The van der Waals surface area contributed by atoms with Gasteiger partial charge in [-0.25, -0.2) is 4.98 Å². The van der Waals surface area contributed by atoms with Gasteiger partial charge in [-0.2, -0.15) is 4.98 Å². The molecule has 0 bridgehead atoms. The minimum absolute atomic E-state index is 0.276. The fourth-order valence-corrected chi connectivity index (χ4v) is 1.45. The lowest BCUT2D eigenvalue weighted by molar-refractivity contribution is 0.0928. The quantitative estimate of drug-likeness (QED) is 0.786. The van der Waals surface area contributed by atoms with Crippen LogP contribution in [0.15, 0.2) is 17.0 Å². The van der Waals surface area contributed by atoms with E-state index in [0.29, 0.717) is 30.4 Å². The first kappa shape index (κ1) is 13.2. The minimum atomic E-state index is -0.375. The summed E-state index contributed by atoms with van der Waals surface area (Å²) >= 11 is 0. The molecule has 2 heterocycles. The number of aromatic amines is 1. The van der Waals surface area contributed by atoms with E-state index in [1.165, 1.54) is 12.5 Å². The number of carbonyl (C=O) groups is 1. The van der Waals surface area contributed by atoms with Crippen LogP contribution in [0.5, 0.6) is 0 Å². The van der Waals surface area contributed by atoms with E-state index in [1.807, 2.05) is 0 Å². The Morgan fingerprint density at radius 1 is 1.63 bits per heavy atom. The lowest BCUT2D eigenvalue weighted by Crippen LogP contribution is -2.27. The second-order valence-electron chi connectivity index (χ2n) is 3.95. The molecule has 8 heteroatoms. The highest BCUT2D eigenvalue weighted by molar-refractivity contribution is 5.92. The van der Waals surface area contributed by atoms with Crippen LogP contribution in [0.25, 0.3) is 0 Å². The Balaban J connectivity index is 1.94. The van der Waals surface area contributed by atoms with E-state index in [4.69, 9.17) is 9.26 Å². The van der Waals surface area contributed by atoms with E-state index in [9.17, 15) is 4.79 Å². The van der Waals surface area contributed by atoms with E-state index in [2.05, 4.69) is 25.4 Å². The van der Waals surface area contributed by atoms with Gasteiger partial charge in [-0.05, 0) is 6.92 Å². The van der Waals surface area contributed by atoms with Crippen LogP contribution < -0.4 is 5.32 Å². The summed E-state index contributed by atoms with van der Waals surface area (Å²) in [6.45, 7) is 2.29. The Bertz CT molecular complexity index is 522. The lowest BCUT2D eigenvalue weighted by atomic mass is 10.3. The van der Waals surface area contributed by atoms with Gasteiger partial charge in [0.1, 0.15) is 11.7 Å². The molecule has 0 saturated carbocycles. The Morgan fingerprint density at radius 2 is 2.47 bits per heavy atom. The van der Waals surface area contributed by atoms with Crippen LogP contribution >= 0.6 is 0 Å². The van der Waals surface area contributed by atoms with Crippen LogP contribution in [-0.2, 0) is 11.2 Å². The number of ether oxygens (including phenoxy) is 1. The maximum atomic E-state index is 11.8. The monoisotopic (exact) mass is 265 g/mol. The molecule has 2 N–H and O–H groups in total. The SMILES string of the molecule is COCCc1noc([C@@H](C)NC(=O)c2cnc[nH]2)n1. The van der Waals surface area contributed by atoms with Gasteiger partial charge in [0.05, 0.1) is 19.1 Å². The Hall–Kier alpha value is -2.22. The Labute approximate surface area is 109 Å². The highest BCUT2D eigenvalue weighted by Gasteiger charge is 2.17. The number of carbonyl (C=O) groups excluding carboxylic acids is 1. The molecule has 2 rings (SSSR count). The van der Waals surface area contributed by atoms with Crippen LogP contribution in [0.4, 0.5) is 0 Å². The van der Waals surface area contributed by atoms with E-state index in [1.54, 1.807) is 14.0 Å². The molecule has 0 aromatic carbocycles. The third kappa shape index (κ3) is 3.38. The molecule has 0 aliphatic carbocycles. The maximum absolute atomic E-state index is 11.8. The molecule has 0 spiro atoms. The zero-order valence-electron chi connectivity index (χ0n) is 10.7. The predicted octanol–water partition coefficient (Wildman–Crippen LogP) is 0.473. The molecule has 0 radical (unpaired) electrons. The predicted molar refractivity (Wildman–Crippen MR) is 64.3 cm³/mol. The van der Waals surface area contributed by atoms with Crippen LogP contribution in [-0.4, -0.2) is 39.7 Å². The van der Waals surface area contributed by atoms with Crippen molar-refractivity contribution in [2.45, 2.75) is 19.4 Å².